The smallest absolute Gasteiger partial charge is 0.0491 e. The van der Waals surface area contributed by atoms with Crippen LogP contribution in [0.1, 0.15) is 20.3 Å². The minimum absolute atomic E-state index is 0.738. The van der Waals surface area contributed by atoms with Crippen molar-refractivity contribution in [2.75, 3.05) is 17.6 Å². The molecule has 0 spiro atoms. The summed E-state index contributed by atoms with van der Waals surface area (Å²) in [6.45, 7) is 6.05. The van der Waals surface area contributed by atoms with Crippen molar-refractivity contribution in [1.82, 2.24) is 0 Å². The molecule has 9 heavy (non-hydrogen) atoms. The Morgan fingerprint density at radius 2 is 2.22 bits per heavy atom. The second-order valence-corrected chi connectivity index (χ2v) is 3.32. The Labute approximate surface area is 71.3 Å². The standard InChI is InChI=1S/C7H15IO/c1-3-9-6-7(2)4-5-8/h7H,3-6H2,1-2H3. The molecule has 0 saturated heterocycles. The number of alkyl halides is 1. The van der Waals surface area contributed by atoms with Gasteiger partial charge >= 0.3 is 0 Å². The van der Waals surface area contributed by atoms with Crippen molar-refractivity contribution in [3.05, 3.63) is 0 Å². The Morgan fingerprint density at radius 1 is 1.56 bits per heavy atom. The molecule has 0 saturated carbocycles. The van der Waals surface area contributed by atoms with Gasteiger partial charge in [0.15, 0.2) is 0 Å². The lowest BCUT2D eigenvalue weighted by molar-refractivity contribution is 0.115. The third kappa shape index (κ3) is 6.58. The number of halogens is 1. The summed E-state index contributed by atoms with van der Waals surface area (Å²) in [4.78, 5) is 0. The molecule has 1 nitrogen and oxygen atoms in total. The molecule has 0 radical (unpaired) electrons. The summed E-state index contributed by atoms with van der Waals surface area (Å²) in [6, 6.07) is 0. The zero-order chi connectivity index (χ0) is 7.11. The number of ether oxygens (including phenoxy) is 1. The molecule has 1 atom stereocenters. The molecule has 0 N–H and O–H groups in total. The summed E-state index contributed by atoms with van der Waals surface area (Å²) in [5.74, 6) is 0.738. The number of hydrogen-bond donors (Lipinski definition) is 0. The molecular weight excluding hydrogens is 227 g/mol. The van der Waals surface area contributed by atoms with Crippen LogP contribution in [0.2, 0.25) is 0 Å². The van der Waals surface area contributed by atoms with E-state index in [1.807, 2.05) is 6.92 Å². The zero-order valence-corrected chi connectivity index (χ0v) is 8.35. The van der Waals surface area contributed by atoms with Crippen molar-refractivity contribution >= 4 is 22.6 Å². The van der Waals surface area contributed by atoms with Crippen LogP contribution in [-0.4, -0.2) is 17.6 Å². The third-order valence-electron chi connectivity index (χ3n) is 1.21. The highest BCUT2D eigenvalue weighted by atomic mass is 127. The summed E-state index contributed by atoms with van der Waals surface area (Å²) in [5, 5.41) is 0. The fourth-order valence-electron chi connectivity index (χ4n) is 0.589. The average Bonchev–Trinajstić information content (AvgIpc) is 1.85. The molecule has 0 fully saturated rings. The van der Waals surface area contributed by atoms with Crippen LogP contribution in [0.4, 0.5) is 0 Å². The first-order chi connectivity index (χ1) is 4.31. The van der Waals surface area contributed by atoms with Crippen LogP contribution in [0.25, 0.3) is 0 Å². The summed E-state index contributed by atoms with van der Waals surface area (Å²) >= 11 is 2.40. The van der Waals surface area contributed by atoms with E-state index >= 15 is 0 Å². The molecule has 0 aliphatic rings. The highest BCUT2D eigenvalue weighted by molar-refractivity contribution is 14.1. The van der Waals surface area contributed by atoms with Gasteiger partial charge in [-0.3, -0.25) is 0 Å². The van der Waals surface area contributed by atoms with Gasteiger partial charge in [-0.25, -0.2) is 0 Å². The minimum atomic E-state index is 0.738. The predicted octanol–water partition coefficient (Wildman–Crippen LogP) is 2.48. The SMILES string of the molecule is CCOCC(C)CCI. The van der Waals surface area contributed by atoms with Gasteiger partial charge in [-0.15, -0.1) is 0 Å². The lowest BCUT2D eigenvalue weighted by Gasteiger charge is -2.07. The van der Waals surface area contributed by atoms with E-state index in [2.05, 4.69) is 29.5 Å². The van der Waals surface area contributed by atoms with Crippen molar-refractivity contribution < 1.29 is 4.74 Å². The van der Waals surface area contributed by atoms with Gasteiger partial charge in [-0.2, -0.15) is 0 Å². The number of rotatable bonds is 5. The molecule has 0 heterocycles. The van der Waals surface area contributed by atoms with Gasteiger partial charge in [0.05, 0.1) is 0 Å². The third-order valence-corrected chi connectivity index (χ3v) is 1.83. The van der Waals surface area contributed by atoms with Gasteiger partial charge in [0.2, 0.25) is 0 Å². The van der Waals surface area contributed by atoms with E-state index in [1.165, 1.54) is 10.8 Å². The lowest BCUT2D eigenvalue weighted by atomic mass is 10.1. The molecule has 0 aromatic carbocycles. The van der Waals surface area contributed by atoms with Crippen molar-refractivity contribution in [3.8, 4) is 0 Å². The molecule has 0 rings (SSSR count). The molecular formula is C7H15IO. The van der Waals surface area contributed by atoms with E-state index < -0.39 is 0 Å². The Kier molecular flexibility index (Phi) is 7.33. The van der Waals surface area contributed by atoms with E-state index in [0.717, 1.165) is 19.1 Å². The largest absolute Gasteiger partial charge is 0.381 e. The Hall–Kier alpha value is 0.690. The van der Waals surface area contributed by atoms with Gasteiger partial charge in [-0.05, 0) is 23.7 Å². The second kappa shape index (κ2) is 6.81. The molecule has 2 heteroatoms. The maximum absolute atomic E-state index is 5.24. The maximum Gasteiger partial charge on any atom is 0.0491 e. The fourth-order valence-corrected chi connectivity index (χ4v) is 1.65. The van der Waals surface area contributed by atoms with Crippen molar-refractivity contribution in [2.45, 2.75) is 20.3 Å². The predicted molar refractivity (Wildman–Crippen MR) is 49.2 cm³/mol. The molecule has 0 aliphatic heterocycles. The first kappa shape index (κ1) is 9.69. The van der Waals surface area contributed by atoms with Crippen molar-refractivity contribution in [3.63, 3.8) is 0 Å². The molecule has 0 aromatic rings. The Morgan fingerprint density at radius 3 is 2.67 bits per heavy atom. The summed E-state index contributed by atoms with van der Waals surface area (Å²) < 4.78 is 6.49. The van der Waals surface area contributed by atoms with Crippen LogP contribution >= 0.6 is 22.6 Å². The molecule has 1 unspecified atom stereocenters. The maximum atomic E-state index is 5.24. The van der Waals surface area contributed by atoms with Crippen LogP contribution in [-0.2, 0) is 4.74 Å². The normalized spacial score (nSPS) is 13.7. The Balaban J connectivity index is 2.95. The van der Waals surface area contributed by atoms with Gasteiger partial charge in [0, 0.05) is 13.2 Å². The van der Waals surface area contributed by atoms with E-state index in [-0.39, 0.29) is 0 Å². The molecule has 0 amide bonds. The first-order valence-electron chi connectivity index (χ1n) is 3.45. The quantitative estimate of drug-likeness (QED) is 0.531. The van der Waals surface area contributed by atoms with Crippen LogP contribution in [0.3, 0.4) is 0 Å². The van der Waals surface area contributed by atoms with Gasteiger partial charge in [0.1, 0.15) is 0 Å². The molecule has 0 aliphatic carbocycles. The molecule has 0 bridgehead atoms. The monoisotopic (exact) mass is 242 g/mol. The van der Waals surface area contributed by atoms with E-state index in [4.69, 9.17) is 4.74 Å². The zero-order valence-electron chi connectivity index (χ0n) is 6.19. The summed E-state index contributed by atoms with van der Waals surface area (Å²) in [6.07, 6.45) is 1.28. The van der Waals surface area contributed by atoms with E-state index in [0.29, 0.717) is 0 Å². The highest BCUT2D eigenvalue weighted by Crippen LogP contribution is 2.04. The highest BCUT2D eigenvalue weighted by Gasteiger charge is 1.98. The van der Waals surface area contributed by atoms with E-state index in [1.54, 1.807) is 0 Å². The van der Waals surface area contributed by atoms with Crippen LogP contribution < -0.4 is 0 Å². The van der Waals surface area contributed by atoms with E-state index in [9.17, 15) is 0 Å². The Bertz CT molecular complexity index is 56.9. The summed E-state index contributed by atoms with van der Waals surface area (Å²) in [5.41, 5.74) is 0. The van der Waals surface area contributed by atoms with Crippen molar-refractivity contribution in [1.29, 1.82) is 0 Å². The minimum Gasteiger partial charge on any atom is -0.381 e. The topological polar surface area (TPSA) is 9.23 Å². The molecule has 56 valence electrons. The van der Waals surface area contributed by atoms with Crippen LogP contribution in [0.15, 0.2) is 0 Å². The number of hydrogen-bond acceptors (Lipinski definition) is 1. The first-order valence-corrected chi connectivity index (χ1v) is 4.97. The van der Waals surface area contributed by atoms with Gasteiger partial charge in [-0.1, -0.05) is 29.5 Å². The second-order valence-electron chi connectivity index (χ2n) is 2.24. The van der Waals surface area contributed by atoms with Crippen LogP contribution in [0, 0.1) is 5.92 Å². The van der Waals surface area contributed by atoms with Gasteiger partial charge < -0.3 is 4.74 Å². The molecule has 0 aromatic heterocycles. The fraction of sp³-hybridized carbons (Fsp3) is 1.00. The van der Waals surface area contributed by atoms with Gasteiger partial charge in [0.25, 0.3) is 0 Å². The average molecular weight is 242 g/mol. The van der Waals surface area contributed by atoms with Crippen LogP contribution in [0.5, 0.6) is 0 Å². The summed E-state index contributed by atoms with van der Waals surface area (Å²) in [7, 11) is 0. The van der Waals surface area contributed by atoms with Crippen molar-refractivity contribution in [2.24, 2.45) is 5.92 Å². The lowest BCUT2D eigenvalue weighted by Crippen LogP contribution is -2.05.